The zero-order valence-corrected chi connectivity index (χ0v) is 16.7. The third-order valence-corrected chi connectivity index (χ3v) is 4.84. The molecule has 7 heteroatoms. The minimum Gasteiger partial charge on any atom is -0.374 e. The lowest BCUT2D eigenvalue weighted by atomic mass is 10.1. The molecule has 0 bridgehead atoms. The second-order valence-corrected chi connectivity index (χ2v) is 7.30. The van der Waals surface area contributed by atoms with Gasteiger partial charge in [0, 0.05) is 36.4 Å². The first-order valence-electron chi connectivity index (χ1n) is 9.47. The quantitative estimate of drug-likeness (QED) is 0.674. The van der Waals surface area contributed by atoms with E-state index in [4.69, 9.17) is 11.6 Å². The lowest BCUT2D eigenvalue weighted by molar-refractivity contribution is -0.115. The number of nitrogens with zero attached hydrogens (tertiary/aromatic N) is 1. The number of halogens is 1. The molecule has 148 valence electrons. The van der Waals surface area contributed by atoms with Gasteiger partial charge >= 0.3 is 0 Å². The number of nitrogens with one attached hydrogen (secondary N) is 3. The van der Waals surface area contributed by atoms with E-state index in [1.165, 1.54) is 31.9 Å². The normalized spacial score (nSPS) is 13.7. The lowest BCUT2D eigenvalue weighted by Crippen LogP contribution is -2.29. The van der Waals surface area contributed by atoms with Gasteiger partial charge in [-0.3, -0.25) is 9.59 Å². The molecule has 2 aromatic rings. The summed E-state index contributed by atoms with van der Waals surface area (Å²) in [5.74, 6) is -0.372. The van der Waals surface area contributed by atoms with Crippen LogP contribution in [0, 0.1) is 0 Å². The molecule has 0 aliphatic carbocycles. The van der Waals surface area contributed by atoms with Crippen molar-refractivity contribution in [3.05, 3.63) is 47.5 Å². The van der Waals surface area contributed by atoms with Crippen molar-refractivity contribution in [1.82, 2.24) is 0 Å². The van der Waals surface area contributed by atoms with Crippen molar-refractivity contribution in [2.75, 3.05) is 40.5 Å². The van der Waals surface area contributed by atoms with Crippen LogP contribution in [0.25, 0.3) is 0 Å². The number of hydrogen-bond acceptors (Lipinski definition) is 4. The molecule has 3 N–H and O–H groups in total. The summed E-state index contributed by atoms with van der Waals surface area (Å²) in [5, 5.41) is 9.13. The molecule has 2 aromatic carbocycles. The molecule has 1 saturated heterocycles. The number of carbonyl (C=O) groups is 2. The molecular weight excluding hydrogens is 376 g/mol. The maximum atomic E-state index is 12.3. The molecule has 1 aliphatic rings. The molecule has 1 heterocycles. The number of amides is 2. The molecule has 6 nitrogen and oxygen atoms in total. The summed E-state index contributed by atoms with van der Waals surface area (Å²) in [5.41, 5.74) is 3.12. The van der Waals surface area contributed by atoms with Crippen molar-refractivity contribution in [2.45, 2.75) is 26.2 Å². The van der Waals surface area contributed by atoms with E-state index in [2.05, 4.69) is 20.9 Å². The number of benzene rings is 2. The Bertz CT molecular complexity index is 833. The Hall–Kier alpha value is -2.73. The van der Waals surface area contributed by atoms with Crippen LogP contribution in [0.2, 0.25) is 5.02 Å². The van der Waals surface area contributed by atoms with Crippen LogP contribution < -0.4 is 20.9 Å². The molecule has 0 atom stereocenters. The Morgan fingerprint density at radius 1 is 0.964 bits per heavy atom. The summed E-state index contributed by atoms with van der Waals surface area (Å²) in [7, 11) is 0. The summed E-state index contributed by atoms with van der Waals surface area (Å²) >= 11 is 6.02. The third-order valence-electron chi connectivity index (χ3n) is 4.60. The van der Waals surface area contributed by atoms with Crippen LogP contribution in [0.5, 0.6) is 0 Å². The predicted octanol–water partition coefficient (Wildman–Crippen LogP) is 4.34. The van der Waals surface area contributed by atoms with Gasteiger partial charge < -0.3 is 20.9 Å². The van der Waals surface area contributed by atoms with E-state index in [9.17, 15) is 9.59 Å². The highest BCUT2D eigenvalue weighted by molar-refractivity contribution is 6.31. The monoisotopic (exact) mass is 400 g/mol. The standard InChI is InChI=1S/C21H25ClN4O2/c1-15(27)24-19-10-5-16(22)13-20(19)23-14-21(28)25-17-6-8-18(9-7-17)26-11-3-2-4-12-26/h5-10,13,23H,2-4,11-12,14H2,1H3,(H,24,27)(H,25,28). The van der Waals surface area contributed by atoms with E-state index in [1.807, 2.05) is 24.3 Å². The zero-order chi connectivity index (χ0) is 19.9. The van der Waals surface area contributed by atoms with E-state index < -0.39 is 0 Å². The number of hydrogen-bond donors (Lipinski definition) is 3. The van der Waals surface area contributed by atoms with E-state index >= 15 is 0 Å². The first-order chi connectivity index (χ1) is 13.5. The van der Waals surface area contributed by atoms with Crippen LogP contribution in [0.4, 0.5) is 22.7 Å². The van der Waals surface area contributed by atoms with Crippen molar-refractivity contribution in [1.29, 1.82) is 0 Å². The van der Waals surface area contributed by atoms with Crippen molar-refractivity contribution in [3.8, 4) is 0 Å². The molecule has 0 saturated carbocycles. The van der Waals surface area contributed by atoms with Crippen LogP contribution in [0.3, 0.4) is 0 Å². The average molecular weight is 401 g/mol. The number of piperidine rings is 1. The first-order valence-corrected chi connectivity index (χ1v) is 9.85. The van der Waals surface area contributed by atoms with Crippen molar-refractivity contribution >= 4 is 46.2 Å². The molecule has 2 amide bonds. The fraction of sp³-hybridized carbons (Fsp3) is 0.333. The fourth-order valence-corrected chi connectivity index (χ4v) is 3.42. The Morgan fingerprint density at radius 3 is 2.36 bits per heavy atom. The van der Waals surface area contributed by atoms with Gasteiger partial charge in [-0.25, -0.2) is 0 Å². The molecule has 0 spiro atoms. The van der Waals surface area contributed by atoms with Crippen LogP contribution in [-0.4, -0.2) is 31.4 Å². The van der Waals surface area contributed by atoms with Gasteiger partial charge in [-0.1, -0.05) is 11.6 Å². The van der Waals surface area contributed by atoms with Crippen LogP contribution in [0.15, 0.2) is 42.5 Å². The minimum absolute atomic E-state index is 0.0564. The van der Waals surface area contributed by atoms with Crippen LogP contribution in [-0.2, 0) is 9.59 Å². The van der Waals surface area contributed by atoms with Crippen LogP contribution in [0.1, 0.15) is 26.2 Å². The molecule has 1 aliphatic heterocycles. The molecular formula is C21H25ClN4O2. The van der Waals surface area contributed by atoms with Crippen molar-refractivity contribution in [3.63, 3.8) is 0 Å². The van der Waals surface area contributed by atoms with Gasteiger partial charge in [0.2, 0.25) is 11.8 Å². The summed E-state index contributed by atoms with van der Waals surface area (Å²) in [6.07, 6.45) is 3.76. The van der Waals surface area contributed by atoms with Gasteiger partial charge in [-0.15, -0.1) is 0 Å². The Morgan fingerprint density at radius 2 is 1.68 bits per heavy atom. The highest BCUT2D eigenvalue weighted by Crippen LogP contribution is 2.26. The molecule has 3 rings (SSSR count). The van der Waals surface area contributed by atoms with Gasteiger partial charge in [0.15, 0.2) is 0 Å². The van der Waals surface area contributed by atoms with Crippen molar-refractivity contribution in [2.24, 2.45) is 0 Å². The maximum Gasteiger partial charge on any atom is 0.243 e. The van der Waals surface area contributed by atoms with E-state index in [1.54, 1.807) is 18.2 Å². The molecule has 0 radical (unpaired) electrons. The molecule has 0 unspecified atom stereocenters. The number of carbonyl (C=O) groups excluding carboxylic acids is 2. The molecule has 1 fully saturated rings. The van der Waals surface area contributed by atoms with E-state index in [-0.39, 0.29) is 18.4 Å². The second-order valence-electron chi connectivity index (χ2n) is 6.87. The summed E-state index contributed by atoms with van der Waals surface area (Å²) in [6.45, 7) is 3.66. The number of rotatable bonds is 6. The molecule has 28 heavy (non-hydrogen) atoms. The average Bonchev–Trinajstić information content (AvgIpc) is 2.69. The Kier molecular flexibility index (Phi) is 6.76. The lowest BCUT2D eigenvalue weighted by Gasteiger charge is -2.28. The zero-order valence-electron chi connectivity index (χ0n) is 15.9. The van der Waals surface area contributed by atoms with E-state index in [0.29, 0.717) is 16.4 Å². The largest absolute Gasteiger partial charge is 0.374 e. The summed E-state index contributed by atoms with van der Waals surface area (Å²) < 4.78 is 0. The Balaban J connectivity index is 1.56. The van der Waals surface area contributed by atoms with Gasteiger partial charge in [-0.2, -0.15) is 0 Å². The van der Waals surface area contributed by atoms with Gasteiger partial charge in [-0.05, 0) is 61.7 Å². The highest BCUT2D eigenvalue weighted by Gasteiger charge is 2.11. The second kappa shape index (κ2) is 9.46. The van der Waals surface area contributed by atoms with Crippen LogP contribution >= 0.6 is 11.6 Å². The van der Waals surface area contributed by atoms with E-state index in [0.717, 1.165) is 18.8 Å². The summed E-state index contributed by atoms with van der Waals surface area (Å²) in [4.78, 5) is 26.0. The highest BCUT2D eigenvalue weighted by atomic mass is 35.5. The smallest absolute Gasteiger partial charge is 0.243 e. The predicted molar refractivity (Wildman–Crippen MR) is 115 cm³/mol. The Labute approximate surface area is 170 Å². The molecule has 0 aromatic heterocycles. The number of anilines is 4. The SMILES string of the molecule is CC(=O)Nc1ccc(Cl)cc1NCC(=O)Nc1ccc(N2CCCCC2)cc1. The third kappa shape index (κ3) is 5.63. The summed E-state index contributed by atoms with van der Waals surface area (Å²) in [6, 6.07) is 13.0. The fourth-order valence-electron chi connectivity index (χ4n) is 3.25. The van der Waals surface area contributed by atoms with Crippen molar-refractivity contribution < 1.29 is 9.59 Å². The van der Waals surface area contributed by atoms with Gasteiger partial charge in [0.25, 0.3) is 0 Å². The van der Waals surface area contributed by atoms with Gasteiger partial charge in [0.1, 0.15) is 0 Å². The van der Waals surface area contributed by atoms with Gasteiger partial charge in [0.05, 0.1) is 17.9 Å². The maximum absolute atomic E-state index is 12.3. The first kappa shape index (κ1) is 20.0. The minimum atomic E-state index is -0.191. The topological polar surface area (TPSA) is 73.5 Å².